The molecule has 0 spiro atoms. The van der Waals surface area contributed by atoms with E-state index in [1.165, 1.54) is 0 Å². The number of aryl methyl sites for hydroxylation is 1. The standard InChI is InChI=1S/C23H31ClFN5O2S/c1-13-8-9-15(24)17(16(13)25)26-21(32)30-12-14-18(22(30,2)3)28-29-19(14)27-20(31)23(10-7-11-23)33(4,5)6/h8-9H,7,10-12H2,1-6H3,(H,26,32)(H2,27,28,29,31). The van der Waals surface area contributed by atoms with Crippen molar-refractivity contribution in [2.24, 2.45) is 0 Å². The van der Waals surface area contributed by atoms with Crippen LogP contribution >= 0.6 is 21.6 Å². The maximum atomic E-state index is 14.6. The van der Waals surface area contributed by atoms with Gasteiger partial charge in [-0.15, -0.1) is 0 Å². The Balaban J connectivity index is 1.57. The summed E-state index contributed by atoms with van der Waals surface area (Å²) in [6.07, 6.45) is 9.33. The number of fused-ring (bicyclic) bond motifs is 1. The predicted molar refractivity (Wildman–Crippen MR) is 133 cm³/mol. The highest BCUT2D eigenvalue weighted by Gasteiger charge is 2.51. The van der Waals surface area contributed by atoms with Gasteiger partial charge in [0.2, 0.25) is 5.91 Å². The Morgan fingerprint density at radius 1 is 1.21 bits per heavy atom. The SMILES string of the molecule is Cc1ccc(Cl)c(NC(=O)N2Cc3c(NC(=O)C4(S(C)(C)C)CCC4)n[nH]c3C2(C)C)c1F. The highest BCUT2D eigenvalue weighted by Crippen LogP contribution is 2.60. The van der Waals surface area contributed by atoms with Crippen molar-refractivity contribution in [3.63, 3.8) is 0 Å². The molecule has 1 fully saturated rings. The summed E-state index contributed by atoms with van der Waals surface area (Å²) < 4.78 is 14.2. The van der Waals surface area contributed by atoms with Crippen LogP contribution < -0.4 is 10.6 Å². The average molecular weight is 496 g/mol. The average Bonchev–Trinajstić information content (AvgIpc) is 3.18. The van der Waals surface area contributed by atoms with Crippen LogP contribution in [0, 0.1) is 12.7 Å². The van der Waals surface area contributed by atoms with Gasteiger partial charge in [0.25, 0.3) is 0 Å². The molecule has 1 aromatic carbocycles. The third kappa shape index (κ3) is 3.69. The molecule has 1 aliphatic carbocycles. The Labute approximate surface area is 200 Å². The second-order valence-corrected chi connectivity index (χ2v) is 15.1. The number of urea groups is 1. The zero-order chi connectivity index (χ0) is 24.3. The van der Waals surface area contributed by atoms with E-state index in [0.717, 1.165) is 30.5 Å². The van der Waals surface area contributed by atoms with Gasteiger partial charge in [-0.05, 0) is 70.4 Å². The maximum absolute atomic E-state index is 14.6. The molecule has 33 heavy (non-hydrogen) atoms. The maximum Gasteiger partial charge on any atom is 0.323 e. The number of halogens is 2. The van der Waals surface area contributed by atoms with Gasteiger partial charge in [-0.1, -0.05) is 17.7 Å². The van der Waals surface area contributed by atoms with Gasteiger partial charge in [0.15, 0.2) is 11.6 Å². The number of rotatable bonds is 4. The lowest BCUT2D eigenvalue weighted by Gasteiger charge is -2.53. The van der Waals surface area contributed by atoms with Crippen LogP contribution in [0.25, 0.3) is 0 Å². The van der Waals surface area contributed by atoms with Crippen LogP contribution in [0.1, 0.15) is 49.9 Å². The van der Waals surface area contributed by atoms with E-state index in [9.17, 15) is 14.0 Å². The number of carbonyl (C=O) groups excluding carboxylic acids is 2. The Morgan fingerprint density at radius 2 is 1.88 bits per heavy atom. The number of nitrogens with zero attached hydrogens (tertiary/aromatic N) is 2. The molecule has 7 nitrogen and oxygen atoms in total. The monoisotopic (exact) mass is 495 g/mol. The fourth-order valence-electron chi connectivity index (χ4n) is 4.73. The number of nitrogens with one attached hydrogen (secondary N) is 3. The van der Waals surface area contributed by atoms with Crippen LogP contribution in [-0.4, -0.2) is 50.5 Å². The normalized spacial score (nSPS) is 19.0. The molecule has 1 saturated carbocycles. The van der Waals surface area contributed by atoms with E-state index in [4.69, 9.17) is 11.6 Å². The van der Waals surface area contributed by atoms with Gasteiger partial charge in [-0.3, -0.25) is 9.89 Å². The molecule has 3 N–H and O–H groups in total. The third-order valence-electron chi connectivity index (χ3n) is 7.21. The zero-order valence-electron chi connectivity index (χ0n) is 19.9. The summed E-state index contributed by atoms with van der Waals surface area (Å²) in [4.78, 5) is 28.0. The zero-order valence-corrected chi connectivity index (χ0v) is 21.4. The first kappa shape index (κ1) is 23.9. The molecular weight excluding hydrogens is 465 g/mol. The van der Waals surface area contributed by atoms with Crippen LogP contribution in [0.4, 0.5) is 20.7 Å². The highest BCUT2D eigenvalue weighted by atomic mass is 35.5. The first-order valence-corrected chi connectivity index (χ1v) is 14.1. The lowest BCUT2D eigenvalue weighted by Crippen LogP contribution is -2.51. The molecule has 2 aromatic rings. The molecule has 0 radical (unpaired) electrons. The molecule has 0 atom stereocenters. The molecule has 1 aromatic heterocycles. The Morgan fingerprint density at radius 3 is 2.45 bits per heavy atom. The molecule has 0 unspecified atom stereocenters. The topological polar surface area (TPSA) is 90.1 Å². The fourth-order valence-corrected chi connectivity index (χ4v) is 7.04. The van der Waals surface area contributed by atoms with Crippen LogP contribution in [0.15, 0.2) is 12.1 Å². The Bertz CT molecular complexity index is 1140. The summed E-state index contributed by atoms with van der Waals surface area (Å²) in [6, 6.07) is 2.63. The summed E-state index contributed by atoms with van der Waals surface area (Å²) in [7, 11) is -1.11. The van der Waals surface area contributed by atoms with Crippen molar-refractivity contribution in [2.45, 2.75) is 56.9 Å². The number of aromatic amines is 1. The van der Waals surface area contributed by atoms with Crippen molar-refractivity contribution >= 4 is 45.1 Å². The fraction of sp³-hybridized carbons (Fsp3) is 0.522. The summed E-state index contributed by atoms with van der Waals surface area (Å²) in [6.45, 7) is 5.59. The molecule has 0 bridgehead atoms. The van der Waals surface area contributed by atoms with Crippen molar-refractivity contribution in [3.8, 4) is 0 Å². The predicted octanol–water partition coefficient (Wildman–Crippen LogP) is 5.35. The van der Waals surface area contributed by atoms with E-state index < -0.39 is 27.4 Å². The van der Waals surface area contributed by atoms with Crippen LogP contribution in [-0.2, 0) is 16.9 Å². The van der Waals surface area contributed by atoms with Crippen LogP contribution in [0.3, 0.4) is 0 Å². The molecule has 180 valence electrons. The largest absolute Gasteiger partial charge is 0.323 e. The van der Waals surface area contributed by atoms with E-state index in [1.54, 1.807) is 24.0 Å². The number of H-pyrrole nitrogens is 1. The minimum Gasteiger partial charge on any atom is -0.309 e. The smallest absolute Gasteiger partial charge is 0.309 e. The van der Waals surface area contributed by atoms with E-state index in [1.807, 2.05) is 13.8 Å². The van der Waals surface area contributed by atoms with Crippen LogP contribution in [0.2, 0.25) is 5.02 Å². The summed E-state index contributed by atoms with van der Waals surface area (Å²) >= 11 is 6.14. The number of anilines is 2. The van der Waals surface area contributed by atoms with E-state index in [2.05, 4.69) is 39.6 Å². The quantitative estimate of drug-likeness (QED) is 0.534. The Kier molecular flexibility index (Phi) is 5.72. The van der Waals surface area contributed by atoms with Crippen LogP contribution in [0.5, 0.6) is 0 Å². The lowest BCUT2D eigenvalue weighted by atomic mass is 9.83. The second-order valence-electron chi connectivity index (χ2n) is 10.2. The molecule has 2 heterocycles. The number of amides is 3. The molecule has 10 heteroatoms. The van der Waals surface area contributed by atoms with E-state index >= 15 is 0 Å². The van der Waals surface area contributed by atoms with E-state index in [-0.39, 0.29) is 27.9 Å². The van der Waals surface area contributed by atoms with Gasteiger partial charge in [0.05, 0.1) is 33.2 Å². The minimum atomic E-state index is -1.11. The van der Waals surface area contributed by atoms with Gasteiger partial charge in [0, 0.05) is 5.56 Å². The molecule has 2 aliphatic rings. The number of benzene rings is 1. The number of aromatic nitrogens is 2. The lowest BCUT2D eigenvalue weighted by molar-refractivity contribution is -0.120. The summed E-state index contributed by atoms with van der Waals surface area (Å²) in [5.41, 5.74) is 1.11. The third-order valence-corrected chi connectivity index (χ3v) is 10.5. The van der Waals surface area contributed by atoms with Crippen molar-refractivity contribution in [1.82, 2.24) is 15.1 Å². The highest BCUT2D eigenvalue weighted by molar-refractivity contribution is 8.33. The number of hydrogen-bond donors (Lipinski definition) is 3. The number of hydrogen-bond acceptors (Lipinski definition) is 3. The Hall–Kier alpha value is -2.26. The van der Waals surface area contributed by atoms with Crippen molar-refractivity contribution in [1.29, 1.82) is 0 Å². The van der Waals surface area contributed by atoms with Gasteiger partial charge in [-0.2, -0.15) is 5.10 Å². The number of carbonyl (C=O) groups is 2. The van der Waals surface area contributed by atoms with Gasteiger partial charge in [-0.25, -0.2) is 19.2 Å². The van der Waals surface area contributed by atoms with Gasteiger partial charge in [0.1, 0.15) is 0 Å². The summed E-state index contributed by atoms with van der Waals surface area (Å²) in [5, 5.41) is 13.2. The van der Waals surface area contributed by atoms with Crippen molar-refractivity contribution in [3.05, 3.63) is 39.8 Å². The first-order chi connectivity index (χ1) is 15.3. The summed E-state index contributed by atoms with van der Waals surface area (Å²) in [5.74, 6) is -0.107. The molecule has 0 saturated heterocycles. The molecular formula is C23H31ClFN5O2S. The second kappa shape index (κ2) is 7.91. The minimum absolute atomic E-state index is 0.000119. The first-order valence-electron chi connectivity index (χ1n) is 10.9. The van der Waals surface area contributed by atoms with Crippen molar-refractivity contribution < 1.29 is 14.0 Å². The molecule has 1 aliphatic heterocycles. The van der Waals surface area contributed by atoms with E-state index in [0.29, 0.717) is 11.4 Å². The van der Waals surface area contributed by atoms with Gasteiger partial charge >= 0.3 is 6.03 Å². The van der Waals surface area contributed by atoms with Gasteiger partial charge < -0.3 is 15.5 Å². The molecule has 4 rings (SSSR count). The van der Waals surface area contributed by atoms with Crippen molar-refractivity contribution in [2.75, 3.05) is 29.4 Å². The molecule has 3 amide bonds.